The van der Waals surface area contributed by atoms with Crippen molar-refractivity contribution in [3.8, 4) is 0 Å². The maximum atomic E-state index is 13.2. The van der Waals surface area contributed by atoms with Crippen molar-refractivity contribution in [2.75, 3.05) is 7.11 Å². The van der Waals surface area contributed by atoms with Crippen LogP contribution < -0.4 is 5.32 Å². The first-order chi connectivity index (χ1) is 6.53. The van der Waals surface area contributed by atoms with E-state index in [0.29, 0.717) is 6.42 Å². The van der Waals surface area contributed by atoms with Crippen LogP contribution in [0.25, 0.3) is 0 Å². The van der Waals surface area contributed by atoms with E-state index in [4.69, 9.17) is 0 Å². The van der Waals surface area contributed by atoms with E-state index in [1.54, 1.807) is 0 Å². The lowest BCUT2D eigenvalue weighted by Gasteiger charge is -2.26. The Labute approximate surface area is 80.8 Å². The average molecular weight is 205 g/mol. The van der Waals surface area contributed by atoms with Gasteiger partial charge in [-0.3, -0.25) is 4.79 Å². The standard InChI is InChI=1S/C9H13F2NO2/c1-14-7(13)3-5-2-6-4-9(10,11)8(5)12-6/h5-6,8,12H,2-4H2,1H3. The van der Waals surface area contributed by atoms with Crippen LogP contribution >= 0.6 is 0 Å². The molecule has 2 aliphatic heterocycles. The lowest BCUT2D eigenvalue weighted by atomic mass is 9.84. The molecule has 2 aliphatic rings. The Kier molecular flexibility index (Phi) is 2.21. The quantitative estimate of drug-likeness (QED) is 0.682. The van der Waals surface area contributed by atoms with E-state index < -0.39 is 17.9 Å². The van der Waals surface area contributed by atoms with Crippen molar-refractivity contribution in [2.24, 2.45) is 5.92 Å². The number of hydrogen-bond donors (Lipinski definition) is 1. The lowest BCUT2D eigenvalue weighted by molar-refractivity contribution is -0.142. The number of esters is 1. The molecular weight excluding hydrogens is 192 g/mol. The van der Waals surface area contributed by atoms with E-state index in [0.717, 1.165) is 0 Å². The van der Waals surface area contributed by atoms with Gasteiger partial charge >= 0.3 is 5.97 Å². The topological polar surface area (TPSA) is 38.3 Å². The van der Waals surface area contributed by atoms with Crippen molar-refractivity contribution >= 4 is 5.97 Å². The van der Waals surface area contributed by atoms with E-state index in [1.807, 2.05) is 0 Å². The highest BCUT2D eigenvalue weighted by molar-refractivity contribution is 5.69. The summed E-state index contributed by atoms with van der Waals surface area (Å²) in [5.74, 6) is -3.32. The van der Waals surface area contributed by atoms with Gasteiger partial charge in [-0.1, -0.05) is 0 Å². The summed E-state index contributed by atoms with van der Waals surface area (Å²) in [5, 5.41) is 2.84. The fourth-order valence-corrected chi connectivity index (χ4v) is 2.52. The molecule has 0 spiro atoms. The number of alkyl halides is 2. The molecule has 2 fully saturated rings. The van der Waals surface area contributed by atoms with Crippen LogP contribution in [0.5, 0.6) is 0 Å². The SMILES string of the molecule is COC(=O)CC1CC2CC(F)(F)C1N2. The number of ether oxygens (including phenoxy) is 1. The zero-order valence-corrected chi connectivity index (χ0v) is 7.93. The molecule has 0 aromatic carbocycles. The summed E-state index contributed by atoms with van der Waals surface area (Å²) in [5.41, 5.74) is 0. The molecule has 0 amide bonds. The highest BCUT2D eigenvalue weighted by atomic mass is 19.3. The van der Waals surface area contributed by atoms with Crippen molar-refractivity contribution in [1.29, 1.82) is 0 Å². The zero-order chi connectivity index (χ0) is 10.3. The third-order valence-electron chi connectivity index (χ3n) is 3.10. The van der Waals surface area contributed by atoms with Gasteiger partial charge in [-0.2, -0.15) is 0 Å². The third kappa shape index (κ3) is 1.49. The van der Waals surface area contributed by atoms with Crippen LogP contribution in [0.4, 0.5) is 8.78 Å². The number of fused-ring (bicyclic) bond motifs is 2. The van der Waals surface area contributed by atoms with Crippen molar-refractivity contribution in [3.05, 3.63) is 0 Å². The molecule has 3 atom stereocenters. The Morgan fingerprint density at radius 2 is 2.36 bits per heavy atom. The number of carbonyl (C=O) groups is 1. The summed E-state index contributed by atoms with van der Waals surface area (Å²) >= 11 is 0. The average Bonchev–Trinajstić information content (AvgIpc) is 2.58. The Bertz CT molecular complexity index is 257. The first kappa shape index (κ1) is 9.83. The molecule has 2 bridgehead atoms. The van der Waals surface area contributed by atoms with Crippen molar-refractivity contribution in [1.82, 2.24) is 5.32 Å². The molecule has 2 heterocycles. The van der Waals surface area contributed by atoms with E-state index in [1.165, 1.54) is 7.11 Å². The molecule has 0 radical (unpaired) electrons. The summed E-state index contributed by atoms with van der Waals surface area (Å²) in [7, 11) is 1.28. The summed E-state index contributed by atoms with van der Waals surface area (Å²) in [6.45, 7) is 0. The van der Waals surface area contributed by atoms with Crippen molar-refractivity contribution in [2.45, 2.75) is 37.3 Å². The molecule has 2 rings (SSSR count). The number of hydrogen-bond acceptors (Lipinski definition) is 3. The Morgan fingerprint density at radius 3 is 2.86 bits per heavy atom. The molecule has 5 heteroatoms. The minimum absolute atomic E-state index is 0.0880. The van der Waals surface area contributed by atoms with Crippen LogP contribution in [-0.2, 0) is 9.53 Å². The van der Waals surface area contributed by atoms with E-state index in [9.17, 15) is 13.6 Å². The van der Waals surface area contributed by atoms with Crippen LogP contribution in [0, 0.1) is 5.92 Å². The van der Waals surface area contributed by atoms with Crippen LogP contribution in [0.2, 0.25) is 0 Å². The first-order valence-corrected chi connectivity index (χ1v) is 4.73. The minimum Gasteiger partial charge on any atom is -0.469 e. The summed E-state index contributed by atoms with van der Waals surface area (Å²) in [6.07, 6.45) is 0.672. The molecule has 0 aromatic heterocycles. The number of carbonyl (C=O) groups excluding carboxylic acids is 1. The number of rotatable bonds is 2. The molecule has 14 heavy (non-hydrogen) atoms. The zero-order valence-electron chi connectivity index (χ0n) is 7.93. The van der Waals surface area contributed by atoms with Gasteiger partial charge in [0, 0.05) is 12.5 Å². The lowest BCUT2D eigenvalue weighted by Crippen LogP contribution is -2.40. The monoisotopic (exact) mass is 205 g/mol. The summed E-state index contributed by atoms with van der Waals surface area (Å²) in [4.78, 5) is 11.0. The predicted octanol–water partition coefficient (Wildman–Crippen LogP) is 0.935. The number of halogens is 2. The molecule has 2 saturated heterocycles. The van der Waals surface area contributed by atoms with Crippen LogP contribution in [-0.4, -0.2) is 31.1 Å². The van der Waals surface area contributed by atoms with Gasteiger partial charge in [0.2, 0.25) is 0 Å². The second-order valence-corrected chi connectivity index (χ2v) is 4.08. The molecular formula is C9H13F2NO2. The van der Waals surface area contributed by atoms with Crippen LogP contribution in [0.15, 0.2) is 0 Å². The predicted molar refractivity (Wildman–Crippen MR) is 45.0 cm³/mol. The van der Waals surface area contributed by atoms with E-state index >= 15 is 0 Å². The molecule has 0 aliphatic carbocycles. The fourth-order valence-electron chi connectivity index (χ4n) is 2.52. The Hall–Kier alpha value is -0.710. The van der Waals surface area contributed by atoms with Gasteiger partial charge in [-0.25, -0.2) is 8.78 Å². The highest BCUT2D eigenvalue weighted by Crippen LogP contribution is 2.45. The Balaban J connectivity index is 2.00. The molecule has 1 N–H and O–H groups in total. The van der Waals surface area contributed by atoms with Gasteiger partial charge in [0.15, 0.2) is 0 Å². The highest BCUT2D eigenvalue weighted by Gasteiger charge is 2.57. The van der Waals surface area contributed by atoms with Gasteiger partial charge in [-0.05, 0) is 12.3 Å². The third-order valence-corrected chi connectivity index (χ3v) is 3.10. The maximum Gasteiger partial charge on any atom is 0.305 e. The van der Waals surface area contributed by atoms with Gasteiger partial charge in [0.25, 0.3) is 5.92 Å². The molecule has 0 aromatic rings. The molecule has 3 unspecified atom stereocenters. The number of methoxy groups -OCH3 is 1. The van der Waals surface area contributed by atoms with E-state index in [-0.39, 0.29) is 24.8 Å². The molecule has 3 nitrogen and oxygen atoms in total. The van der Waals surface area contributed by atoms with Gasteiger partial charge in [0.1, 0.15) is 0 Å². The minimum atomic E-state index is -2.65. The summed E-state index contributed by atoms with van der Waals surface area (Å²) in [6, 6.07) is -0.948. The van der Waals surface area contributed by atoms with Gasteiger partial charge < -0.3 is 10.1 Å². The molecule has 0 saturated carbocycles. The Morgan fingerprint density at radius 1 is 1.64 bits per heavy atom. The van der Waals surface area contributed by atoms with Gasteiger partial charge in [0.05, 0.1) is 19.6 Å². The largest absolute Gasteiger partial charge is 0.469 e. The fraction of sp³-hybridized carbons (Fsp3) is 0.889. The second-order valence-electron chi connectivity index (χ2n) is 4.08. The van der Waals surface area contributed by atoms with Crippen LogP contribution in [0.1, 0.15) is 19.3 Å². The van der Waals surface area contributed by atoms with E-state index in [2.05, 4.69) is 10.1 Å². The normalized spacial score (nSPS) is 38.6. The van der Waals surface area contributed by atoms with Crippen LogP contribution in [0.3, 0.4) is 0 Å². The smallest absolute Gasteiger partial charge is 0.305 e. The van der Waals surface area contributed by atoms with Gasteiger partial charge in [-0.15, -0.1) is 0 Å². The second kappa shape index (κ2) is 3.15. The molecule has 80 valence electrons. The number of nitrogens with one attached hydrogen (secondary N) is 1. The first-order valence-electron chi connectivity index (χ1n) is 4.73. The van der Waals surface area contributed by atoms with Crippen molar-refractivity contribution in [3.63, 3.8) is 0 Å². The maximum absolute atomic E-state index is 13.2. The summed E-state index contributed by atoms with van der Waals surface area (Å²) < 4.78 is 30.9. The van der Waals surface area contributed by atoms with Crippen molar-refractivity contribution < 1.29 is 18.3 Å².